The van der Waals surface area contributed by atoms with E-state index in [0.717, 1.165) is 5.56 Å². The predicted octanol–water partition coefficient (Wildman–Crippen LogP) is 3.33. The number of rotatable bonds is 6. The highest BCUT2D eigenvalue weighted by molar-refractivity contribution is 6.91. The van der Waals surface area contributed by atoms with Crippen LogP contribution >= 0.6 is 0 Å². The number of aliphatic hydroxyl groups excluding tert-OH is 2. The highest BCUT2D eigenvalue weighted by atomic mass is 28.3. The van der Waals surface area contributed by atoms with Gasteiger partial charge in [0.1, 0.15) is 0 Å². The molecular formula is C19H26O2Si. The van der Waals surface area contributed by atoms with Gasteiger partial charge in [-0.2, -0.15) is 0 Å². The van der Waals surface area contributed by atoms with Crippen molar-refractivity contribution in [3.05, 3.63) is 66.2 Å². The summed E-state index contributed by atoms with van der Waals surface area (Å²) in [5.41, 5.74) is 1.14. The van der Waals surface area contributed by atoms with E-state index in [2.05, 4.69) is 44.3 Å². The topological polar surface area (TPSA) is 40.5 Å². The Hall–Kier alpha value is -1.42. The Bertz CT molecular complexity index is 569. The molecule has 0 aliphatic rings. The molecule has 3 atom stereocenters. The lowest BCUT2D eigenvalue weighted by molar-refractivity contribution is 0.0637. The number of aliphatic hydroxyl groups is 2. The summed E-state index contributed by atoms with van der Waals surface area (Å²) in [5, 5.41) is 22.0. The fourth-order valence-electron chi connectivity index (χ4n) is 3.09. The summed E-state index contributed by atoms with van der Waals surface area (Å²) in [6.07, 6.45) is -0.628. The molecule has 0 fully saturated rings. The van der Waals surface area contributed by atoms with E-state index in [4.69, 9.17) is 0 Å². The second-order valence-electron chi connectivity index (χ2n) is 6.58. The van der Waals surface area contributed by atoms with Gasteiger partial charge in [-0.25, -0.2) is 0 Å². The lowest BCUT2D eigenvalue weighted by Crippen LogP contribution is -2.48. The van der Waals surface area contributed by atoms with Gasteiger partial charge in [-0.15, -0.1) is 0 Å². The van der Waals surface area contributed by atoms with Gasteiger partial charge in [0.25, 0.3) is 0 Å². The number of benzene rings is 2. The van der Waals surface area contributed by atoms with Crippen molar-refractivity contribution in [1.82, 2.24) is 0 Å². The van der Waals surface area contributed by atoms with Crippen molar-refractivity contribution in [2.75, 3.05) is 6.61 Å². The second kappa shape index (κ2) is 7.23. The molecule has 22 heavy (non-hydrogen) atoms. The summed E-state index contributed by atoms with van der Waals surface area (Å²) in [6, 6.07) is 20.2. The maximum absolute atomic E-state index is 10.7. The molecule has 0 heterocycles. The van der Waals surface area contributed by atoms with Crippen LogP contribution in [0.25, 0.3) is 0 Å². The molecular weight excluding hydrogens is 288 g/mol. The summed E-state index contributed by atoms with van der Waals surface area (Å²) >= 11 is 0. The second-order valence-corrected chi connectivity index (χ2v) is 11.5. The summed E-state index contributed by atoms with van der Waals surface area (Å²) in [7, 11) is -1.78. The van der Waals surface area contributed by atoms with E-state index < -0.39 is 14.2 Å². The zero-order valence-corrected chi connectivity index (χ0v) is 14.6. The van der Waals surface area contributed by atoms with E-state index in [1.54, 1.807) is 0 Å². The summed E-state index contributed by atoms with van der Waals surface area (Å²) in [6.45, 7) is 6.80. The molecule has 3 heteroatoms. The molecule has 2 aromatic rings. The fourth-order valence-corrected chi connectivity index (χ4v) is 6.03. The highest BCUT2D eigenvalue weighted by Crippen LogP contribution is 2.37. The van der Waals surface area contributed by atoms with Gasteiger partial charge in [0.2, 0.25) is 0 Å². The Labute approximate surface area is 134 Å². The first-order valence-corrected chi connectivity index (χ1v) is 11.0. The minimum atomic E-state index is -1.78. The molecule has 0 saturated carbocycles. The summed E-state index contributed by atoms with van der Waals surface area (Å²) in [4.78, 5) is 0. The summed E-state index contributed by atoms with van der Waals surface area (Å²) in [5.74, 6) is -0.149. The van der Waals surface area contributed by atoms with Crippen LogP contribution in [0.2, 0.25) is 18.6 Å². The van der Waals surface area contributed by atoms with E-state index >= 15 is 0 Å². The largest absolute Gasteiger partial charge is 0.396 e. The Balaban J connectivity index is 2.27. The van der Waals surface area contributed by atoms with Gasteiger partial charge in [0, 0.05) is 12.5 Å². The molecule has 2 N–H and O–H groups in total. The van der Waals surface area contributed by atoms with E-state index in [-0.39, 0.29) is 18.1 Å². The van der Waals surface area contributed by atoms with Crippen molar-refractivity contribution in [3.8, 4) is 0 Å². The molecule has 0 unspecified atom stereocenters. The molecule has 2 nitrogen and oxygen atoms in total. The Morgan fingerprint density at radius 3 is 1.91 bits per heavy atom. The summed E-state index contributed by atoms with van der Waals surface area (Å²) < 4.78 is 0. The van der Waals surface area contributed by atoms with Crippen molar-refractivity contribution < 1.29 is 10.2 Å². The van der Waals surface area contributed by atoms with Crippen molar-refractivity contribution in [2.24, 2.45) is 5.92 Å². The standard InChI is InChI=1S/C19H26O2Si/c1-15(22(2,3)17-12-8-5-9-13-17)18(14-20)19(21)16-10-6-4-7-11-16/h4-13,15,18-21H,14H2,1-3H3/t15-,18+,19-/m0/s1. The zero-order chi connectivity index (χ0) is 16.2. The van der Waals surface area contributed by atoms with Crippen molar-refractivity contribution in [1.29, 1.82) is 0 Å². The van der Waals surface area contributed by atoms with E-state index in [1.807, 2.05) is 36.4 Å². The van der Waals surface area contributed by atoms with Crippen LogP contribution in [-0.4, -0.2) is 24.9 Å². The third-order valence-electron chi connectivity index (χ3n) is 5.06. The van der Waals surface area contributed by atoms with E-state index in [0.29, 0.717) is 0 Å². The normalized spacial score (nSPS) is 16.0. The zero-order valence-electron chi connectivity index (χ0n) is 13.6. The molecule has 0 saturated heterocycles. The Morgan fingerprint density at radius 1 is 0.909 bits per heavy atom. The number of hydrogen-bond donors (Lipinski definition) is 2. The molecule has 0 aliphatic heterocycles. The van der Waals surface area contributed by atoms with Crippen LogP contribution < -0.4 is 5.19 Å². The lowest BCUT2D eigenvalue weighted by Gasteiger charge is -2.37. The highest BCUT2D eigenvalue weighted by Gasteiger charge is 2.38. The first-order valence-electron chi connectivity index (χ1n) is 7.88. The first kappa shape index (κ1) is 16.9. The first-order chi connectivity index (χ1) is 10.5. The SMILES string of the molecule is C[C@@H]([C@@H](CO)[C@@H](O)c1ccccc1)[Si](C)(C)c1ccccc1. The van der Waals surface area contributed by atoms with E-state index in [9.17, 15) is 10.2 Å². The maximum Gasteiger partial charge on any atom is 0.0840 e. The van der Waals surface area contributed by atoms with E-state index in [1.165, 1.54) is 5.19 Å². The minimum Gasteiger partial charge on any atom is -0.396 e. The van der Waals surface area contributed by atoms with Gasteiger partial charge >= 0.3 is 0 Å². The van der Waals surface area contributed by atoms with Crippen LogP contribution in [0.5, 0.6) is 0 Å². The Kier molecular flexibility index (Phi) is 5.56. The van der Waals surface area contributed by atoms with Crippen molar-refractivity contribution in [3.63, 3.8) is 0 Å². The molecule has 0 bridgehead atoms. The molecule has 118 valence electrons. The van der Waals surface area contributed by atoms with Crippen LogP contribution in [0.3, 0.4) is 0 Å². The quantitative estimate of drug-likeness (QED) is 0.803. The van der Waals surface area contributed by atoms with Crippen LogP contribution in [-0.2, 0) is 0 Å². The average molecular weight is 315 g/mol. The van der Waals surface area contributed by atoms with Crippen molar-refractivity contribution in [2.45, 2.75) is 31.7 Å². The molecule has 2 aromatic carbocycles. The molecule has 0 radical (unpaired) electrons. The number of hydrogen-bond acceptors (Lipinski definition) is 2. The molecule has 0 aliphatic carbocycles. The molecule has 0 spiro atoms. The van der Waals surface area contributed by atoms with Gasteiger partial charge in [-0.05, 0) is 11.1 Å². The third-order valence-corrected chi connectivity index (χ3v) is 9.58. The average Bonchev–Trinajstić information content (AvgIpc) is 2.57. The van der Waals surface area contributed by atoms with Gasteiger partial charge < -0.3 is 10.2 Å². The van der Waals surface area contributed by atoms with Crippen LogP contribution in [0.4, 0.5) is 0 Å². The predicted molar refractivity (Wildman–Crippen MR) is 95.0 cm³/mol. The smallest absolute Gasteiger partial charge is 0.0840 e. The Morgan fingerprint density at radius 2 is 1.41 bits per heavy atom. The van der Waals surface area contributed by atoms with Crippen LogP contribution in [0.1, 0.15) is 18.6 Å². The molecule has 0 amide bonds. The van der Waals surface area contributed by atoms with Gasteiger partial charge in [-0.3, -0.25) is 0 Å². The van der Waals surface area contributed by atoms with Crippen LogP contribution in [0.15, 0.2) is 60.7 Å². The van der Waals surface area contributed by atoms with Gasteiger partial charge in [-0.1, -0.05) is 85.9 Å². The lowest BCUT2D eigenvalue weighted by atomic mass is 9.94. The molecule has 0 aromatic heterocycles. The van der Waals surface area contributed by atoms with Crippen LogP contribution in [0, 0.1) is 5.92 Å². The third kappa shape index (κ3) is 3.49. The van der Waals surface area contributed by atoms with Gasteiger partial charge in [0.15, 0.2) is 0 Å². The van der Waals surface area contributed by atoms with Crippen molar-refractivity contribution >= 4 is 13.3 Å². The minimum absolute atomic E-state index is 0.000487. The monoisotopic (exact) mass is 314 g/mol. The molecule has 2 rings (SSSR count). The maximum atomic E-state index is 10.7. The van der Waals surface area contributed by atoms with Gasteiger partial charge in [0.05, 0.1) is 14.2 Å². The fraction of sp³-hybridized carbons (Fsp3) is 0.368.